The number of nitrogens with one attached hydrogen (secondary N) is 1. The van der Waals surface area contributed by atoms with Crippen molar-refractivity contribution in [2.24, 2.45) is 0 Å². The van der Waals surface area contributed by atoms with E-state index in [0.29, 0.717) is 6.42 Å². The maximum absolute atomic E-state index is 14.2. The summed E-state index contributed by atoms with van der Waals surface area (Å²) in [5.41, 5.74) is 1.66. The van der Waals surface area contributed by atoms with Crippen LogP contribution in [0.3, 0.4) is 0 Å². The fourth-order valence-corrected chi connectivity index (χ4v) is 6.68. The van der Waals surface area contributed by atoms with Crippen LogP contribution in [-0.2, 0) is 26.2 Å². The molecule has 0 heterocycles. The zero-order valence-electron chi connectivity index (χ0n) is 23.8. The summed E-state index contributed by atoms with van der Waals surface area (Å²) < 4.78 is 28.7. The second-order valence-corrected chi connectivity index (χ2v) is 12.3. The fourth-order valence-electron chi connectivity index (χ4n) is 5.25. The second-order valence-electron chi connectivity index (χ2n) is 10.5. The highest BCUT2D eigenvalue weighted by Crippen LogP contribution is 2.27. The lowest BCUT2D eigenvalue weighted by Crippen LogP contribution is -2.53. The highest BCUT2D eigenvalue weighted by molar-refractivity contribution is 7.92. The number of amides is 2. The average molecular weight is 593 g/mol. The summed E-state index contributed by atoms with van der Waals surface area (Å²) in [4.78, 5) is 39.8. The number of rotatable bonds is 12. The van der Waals surface area contributed by atoms with E-state index in [9.17, 15) is 28.1 Å². The van der Waals surface area contributed by atoms with Gasteiger partial charge in [-0.3, -0.25) is 24.0 Å². The third-order valence-electron chi connectivity index (χ3n) is 7.65. The van der Waals surface area contributed by atoms with Gasteiger partial charge in [-0.2, -0.15) is 0 Å². The highest BCUT2D eigenvalue weighted by Gasteiger charge is 2.34. The van der Waals surface area contributed by atoms with E-state index in [1.165, 1.54) is 41.3 Å². The van der Waals surface area contributed by atoms with E-state index in [1.54, 1.807) is 18.2 Å². The van der Waals surface area contributed by atoms with Crippen LogP contribution in [0, 0.1) is 17.0 Å². The molecule has 4 rings (SSSR count). The molecule has 1 saturated carbocycles. The Kier molecular flexibility index (Phi) is 9.95. The van der Waals surface area contributed by atoms with Crippen LogP contribution in [0.25, 0.3) is 0 Å². The van der Waals surface area contributed by atoms with Crippen LogP contribution in [-0.4, -0.2) is 48.7 Å². The molecule has 222 valence electrons. The number of sulfonamides is 1. The average Bonchev–Trinajstić information content (AvgIpc) is 3.50. The first-order chi connectivity index (χ1) is 20.1. The van der Waals surface area contributed by atoms with Crippen LogP contribution in [0.1, 0.15) is 50.2 Å². The Bertz CT molecular complexity index is 1510. The number of hydrogen-bond donors (Lipinski definition) is 1. The van der Waals surface area contributed by atoms with Crippen LogP contribution in [0.5, 0.6) is 0 Å². The van der Waals surface area contributed by atoms with Gasteiger partial charge in [0.25, 0.3) is 15.7 Å². The van der Waals surface area contributed by atoms with Crippen LogP contribution >= 0.6 is 0 Å². The van der Waals surface area contributed by atoms with Crippen molar-refractivity contribution in [1.82, 2.24) is 10.2 Å². The third kappa shape index (κ3) is 7.14. The van der Waals surface area contributed by atoms with Crippen LogP contribution in [0.4, 0.5) is 11.4 Å². The predicted molar refractivity (Wildman–Crippen MR) is 160 cm³/mol. The predicted octanol–water partition coefficient (Wildman–Crippen LogP) is 4.96. The van der Waals surface area contributed by atoms with Crippen molar-refractivity contribution in [3.63, 3.8) is 0 Å². The minimum Gasteiger partial charge on any atom is -0.352 e. The van der Waals surface area contributed by atoms with E-state index in [1.807, 2.05) is 38.1 Å². The van der Waals surface area contributed by atoms with Gasteiger partial charge in [0.05, 0.1) is 15.5 Å². The largest absolute Gasteiger partial charge is 0.352 e. The van der Waals surface area contributed by atoms with Crippen molar-refractivity contribution in [1.29, 1.82) is 0 Å². The molecule has 11 heteroatoms. The molecule has 1 aliphatic rings. The van der Waals surface area contributed by atoms with Gasteiger partial charge in [-0.15, -0.1) is 0 Å². The Morgan fingerprint density at radius 2 is 1.60 bits per heavy atom. The molecule has 0 spiro atoms. The molecule has 0 bridgehead atoms. The van der Waals surface area contributed by atoms with Gasteiger partial charge in [-0.25, -0.2) is 8.42 Å². The first kappa shape index (κ1) is 30.7. The Balaban J connectivity index is 1.73. The van der Waals surface area contributed by atoms with E-state index in [0.717, 1.165) is 41.1 Å². The molecule has 1 N–H and O–H groups in total. The Labute approximate surface area is 246 Å². The first-order valence-electron chi connectivity index (χ1n) is 14.1. The number of nitro groups is 1. The van der Waals surface area contributed by atoms with Crippen molar-refractivity contribution >= 4 is 33.2 Å². The Morgan fingerprint density at radius 3 is 2.19 bits per heavy atom. The lowest BCUT2D eigenvalue weighted by molar-refractivity contribution is -0.384. The number of non-ortho nitro benzene ring substituents is 1. The van der Waals surface area contributed by atoms with Crippen molar-refractivity contribution < 1.29 is 22.9 Å². The number of carbonyl (C=O) groups is 2. The summed E-state index contributed by atoms with van der Waals surface area (Å²) in [6, 6.07) is 19.5. The summed E-state index contributed by atoms with van der Waals surface area (Å²) in [6.45, 7) is 3.25. The number of benzene rings is 3. The smallest absolute Gasteiger partial charge is 0.269 e. The molecule has 0 unspecified atom stereocenters. The van der Waals surface area contributed by atoms with Gasteiger partial charge >= 0.3 is 0 Å². The van der Waals surface area contributed by atoms with Crippen molar-refractivity contribution in [2.75, 3.05) is 10.8 Å². The SMILES string of the molecule is CC[C@@H](C(=O)NC1CCCC1)N(Cc1ccccc1C)C(=O)CN(c1ccc([N+](=O)[O-])cc1)S(=O)(=O)c1ccccc1. The molecular formula is C31H36N4O6S. The van der Waals surface area contributed by atoms with E-state index in [4.69, 9.17) is 0 Å². The van der Waals surface area contributed by atoms with Gasteiger partial charge in [0, 0.05) is 24.7 Å². The van der Waals surface area contributed by atoms with Gasteiger partial charge in [-0.05, 0) is 61.6 Å². The summed E-state index contributed by atoms with van der Waals surface area (Å²) in [6.07, 6.45) is 4.18. The summed E-state index contributed by atoms with van der Waals surface area (Å²) in [5, 5.41) is 14.3. The second kappa shape index (κ2) is 13.6. The molecule has 0 saturated heterocycles. The monoisotopic (exact) mass is 592 g/mol. The number of nitrogens with zero attached hydrogens (tertiary/aromatic N) is 3. The highest BCUT2D eigenvalue weighted by atomic mass is 32.2. The molecule has 1 fully saturated rings. The molecule has 42 heavy (non-hydrogen) atoms. The summed E-state index contributed by atoms with van der Waals surface area (Å²) in [5.74, 6) is -0.830. The summed E-state index contributed by atoms with van der Waals surface area (Å²) >= 11 is 0. The van der Waals surface area contributed by atoms with Crippen molar-refractivity contribution in [3.8, 4) is 0 Å². The quantitative estimate of drug-likeness (QED) is 0.234. The van der Waals surface area contributed by atoms with Gasteiger partial charge in [0.15, 0.2) is 0 Å². The molecule has 10 nitrogen and oxygen atoms in total. The molecule has 1 atom stereocenters. The van der Waals surface area contributed by atoms with Gasteiger partial charge in [-0.1, -0.05) is 62.2 Å². The molecule has 1 aliphatic carbocycles. The van der Waals surface area contributed by atoms with E-state index in [2.05, 4.69) is 5.32 Å². The van der Waals surface area contributed by atoms with Crippen LogP contribution < -0.4 is 9.62 Å². The zero-order valence-corrected chi connectivity index (χ0v) is 24.6. The molecule has 0 radical (unpaired) electrons. The topological polar surface area (TPSA) is 130 Å². The van der Waals surface area contributed by atoms with Gasteiger partial charge < -0.3 is 10.2 Å². The Hall–Kier alpha value is -4.25. The fraction of sp³-hybridized carbons (Fsp3) is 0.355. The molecule has 2 amide bonds. The summed E-state index contributed by atoms with van der Waals surface area (Å²) in [7, 11) is -4.25. The number of carbonyl (C=O) groups excluding carboxylic acids is 2. The molecule has 0 aliphatic heterocycles. The lowest BCUT2D eigenvalue weighted by atomic mass is 10.1. The van der Waals surface area contributed by atoms with Crippen LogP contribution in [0.15, 0.2) is 83.8 Å². The molecule has 0 aromatic heterocycles. The number of nitro benzene ring substituents is 1. The van der Waals surface area contributed by atoms with E-state index >= 15 is 0 Å². The maximum atomic E-state index is 14.2. The Morgan fingerprint density at radius 1 is 0.976 bits per heavy atom. The van der Waals surface area contributed by atoms with Crippen LogP contribution in [0.2, 0.25) is 0 Å². The normalized spacial score (nSPS) is 14.2. The van der Waals surface area contributed by atoms with Gasteiger partial charge in [0.2, 0.25) is 11.8 Å². The lowest BCUT2D eigenvalue weighted by Gasteiger charge is -2.34. The number of aryl methyl sites for hydroxylation is 1. The molecule has 3 aromatic carbocycles. The zero-order chi connectivity index (χ0) is 30.3. The minimum absolute atomic E-state index is 0.0346. The minimum atomic E-state index is -4.25. The van der Waals surface area contributed by atoms with E-state index in [-0.39, 0.29) is 34.8 Å². The number of anilines is 1. The first-order valence-corrected chi connectivity index (χ1v) is 15.5. The molecule has 3 aromatic rings. The third-order valence-corrected chi connectivity index (χ3v) is 9.44. The van der Waals surface area contributed by atoms with Crippen molar-refractivity contribution in [2.45, 2.75) is 69.5 Å². The standard InChI is InChI=1S/C31H36N4O6S/c1-3-29(31(37)32-25-13-9-10-14-25)33(21-24-12-8-7-11-23(24)2)30(36)22-34(26-17-19-27(20-18-26)35(38)39)42(40,41)28-15-5-4-6-16-28/h4-8,11-12,15-20,25,29H,3,9-10,13-14,21-22H2,1-2H3,(H,32,37)/t29-/m0/s1. The number of hydrogen-bond acceptors (Lipinski definition) is 6. The maximum Gasteiger partial charge on any atom is 0.269 e. The van der Waals surface area contributed by atoms with Gasteiger partial charge in [0.1, 0.15) is 12.6 Å². The van der Waals surface area contributed by atoms with E-state index < -0.39 is 33.4 Å². The molecular weight excluding hydrogens is 556 g/mol. The van der Waals surface area contributed by atoms with Crippen molar-refractivity contribution in [3.05, 3.63) is 100 Å².